The van der Waals surface area contributed by atoms with Crippen molar-refractivity contribution in [2.24, 2.45) is 0 Å². The highest BCUT2D eigenvalue weighted by Gasteiger charge is 2.10. The summed E-state index contributed by atoms with van der Waals surface area (Å²) in [7, 11) is 0. The van der Waals surface area contributed by atoms with Crippen molar-refractivity contribution in [2.75, 3.05) is 0 Å². The first-order valence-corrected chi connectivity index (χ1v) is 6.42. The van der Waals surface area contributed by atoms with Gasteiger partial charge in [0.1, 0.15) is 11.5 Å². The van der Waals surface area contributed by atoms with Gasteiger partial charge in [-0.25, -0.2) is 0 Å². The molecule has 3 nitrogen and oxygen atoms in total. The van der Waals surface area contributed by atoms with E-state index in [1.54, 1.807) is 24.4 Å². The molecular weight excluding hydrogens is 274 g/mol. The van der Waals surface area contributed by atoms with Gasteiger partial charge in [-0.15, -0.1) is 0 Å². The van der Waals surface area contributed by atoms with E-state index in [1.165, 1.54) is 0 Å². The van der Waals surface area contributed by atoms with E-state index in [-0.39, 0.29) is 0 Å². The molecule has 0 saturated heterocycles. The number of aldehydes is 1. The van der Waals surface area contributed by atoms with Crippen LogP contribution in [0.4, 0.5) is 0 Å². The molecule has 0 aliphatic heterocycles. The normalized spacial score (nSPS) is 10.4. The number of nitrogens with zero attached hydrogens (tertiary/aromatic N) is 1. The topological polar surface area (TPSA) is 39.2 Å². The van der Waals surface area contributed by atoms with Crippen molar-refractivity contribution in [3.05, 3.63) is 65.3 Å². The number of halogens is 1. The molecule has 0 saturated carbocycles. The van der Waals surface area contributed by atoms with Crippen molar-refractivity contribution in [1.29, 1.82) is 0 Å². The summed E-state index contributed by atoms with van der Waals surface area (Å²) in [6.45, 7) is 0. The van der Waals surface area contributed by atoms with Crippen molar-refractivity contribution in [3.63, 3.8) is 0 Å². The molecule has 0 spiro atoms. The van der Waals surface area contributed by atoms with Gasteiger partial charge < -0.3 is 4.74 Å². The molecule has 20 heavy (non-hydrogen) atoms. The second-order valence-electron chi connectivity index (χ2n) is 4.20. The van der Waals surface area contributed by atoms with E-state index in [0.29, 0.717) is 28.4 Å². The molecule has 3 rings (SSSR count). The zero-order valence-electron chi connectivity index (χ0n) is 10.4. The maximum atomic E-state index is 11.1. The third kappa shape index (κ3) is 2.24. The number of hydrogen-bond donors (Lipinski definition) is 0. The van der Waals surface area contributed by atoms with E-state index in [9.17, 15) is 4.79 Å². The van der Waals surface area contributed by atoms with Crippen LogP contribution in [0.2, 0.25) is 5.02 Å². The second-order valence-corrected chi connectivity index (χ2v) is 4.60. The number of carbonyl (C=O) groups excluding carboxylic acids is 1. The molecule has 98 valence electrons. The van der Waals surface area contributed by atoms with Crippen molar-refractivity contribution in [2.45, 2.75) is 0 Å². The van der Waals surface area contributed by atoms with Gasteiger partial charge in [-0.05, 0) is 36.4 Å². The number of benzene rings is 2. The molecule has 1 aromatic heterocycles. The molecule has 0 amide bonds. The highest BCUT2D eigenvalue weighted by molar-refractivity contribution is 6.33. The lowest BCUT2D eigenvalue weighted by Crippen LogP contribution is -1.92. The quantitative estimate of drug-likeness (QED) is 0.665. The highest BCUT2D eigenvalue weighted by atomic mass is 35.5. The van der Waals surface area contributed by atoms with Crippen LogP contribution in [0, 0.1) is 0 Å². The smallest absolute Gasteiger partial charge is 0.155 e. The van der Waals surface area contributed by atoms with Gasteiger partial charge in [0, 0.05) is 11.6 Å². The minimum absolute atomic E-state index is 0.343. The first-order valence-electron chi connectivity index (χ1n) is 6.05. The van der Waals surface area contributed by atoms with E-state index in [1.807, 2.05) is 30.3 Å². The van der Waals surface area contributed by atoms with Crippen LogP contribution in [0.1, 0.15) is 10.4 Å². The molecular formula is C16H10ClNO2. The fourth-order valence-corrected chi connectivity index (χ4v) is 2.21. The van der Waals surface area contributed by atoms with Crippen LogP contribution >= 0.6 is 11.6 Å². The van der Waals surface area contributed by atoms with Gasteiger partial charge in [0.15, 0.2) is 6.29 Å². The lowest BCUT2D eigenvalue weighted by Gasteiger charge is -2.10. The largest absolute Gasteiger partial charge is 0.456 e. The summed E-state index contributed by atoms with van der Waals surface area (Å²) in [5, 5.41) is 1.25. The number of hydrogen-bond acceptors (Lipinski definition) is 3. The summed E-state index contributed by atoms with van der Waals surface area (Å²) in [6.07, 6.45) is 2.42. The Bertz CT molecular complexity index is 781. The Labute approximate surface area is 120 Å². The zero-order chi connectivity index (χ0) is 13.9. The first-order chi connectivity index (χ1) is 9.79. The number of aromatic nitrogens is 1. The maximum absolute atomic E-state index is 11.1. The Morgan fingerprint density at radius 1 is 1.00 bits per heavy atom. The average molecular weight is 284 g/mol. The summed E-state index contributed by atoms with van der Waals surface area (Å²) >= 11 is 5.99. The SMILES string of the molecule is O=Cc1c(Cl)cccc1Oc1cccc2ncccc12. The van der Waals surface area contributed by atoms with Crippen molar-refractivity contribution >= 4 is 28.8 Å². The van der Waals surface area contributed by atoms with Crippen LogP contribution in [0.15, 0.2) is 54.7 Å². The second kappa shape index (κ2) is 5.31. The Hall–Kier alpha value is -2.39. The summed E-state index contributed by atoms with van der Waals surface area (Å²) in [6, 6.07) is 14.5. The number of pyridine rings is 1. The third-order valence-corrected chi connectivity index (χ3v) is 3.29. The average Bonchev–Trinajstić information content (AvgIpc) is 2.48. The molecule has 0 unspecified atom stereocenters. The van der Waals surface area contributed by atoms with Gasteiger partial charge in [-0.3, -0.25) is 9.78 Å². The predicted octanol–water partition coefficient (Wildman–Crippen LogP) is 4.49. The summed E-state index contributed by atoms with van der Waals surface area (Å²) in [4.78, 5) is 15.4. The third-order valence-electron chi connectivity index (χ3n) is 2.96. The Balaban J connectivity index is 2.10. The molecule has 1 heterocycles. The van der Waals surface area contributed by atoms with Crippen molar-refractivity contribution in [1.82, 2.24) is 4.98 Å². The minimum atomic E-state index is 0.343. The molecule has 0 radical (unpaired) electrons. The van der Waals surface area contributed by atoms with E-state index in [4.69, 9.17) is 16.3 Å². The summed E-state index contributed by atoms with van der Waals surface area (Å²) in [5.41, 5.74) is 1.18. The van der Waals surface area contributed by atoms with Crippen molar-refractivity contribution < 1.29 is 9.53 Å². The monoisotopic (exact) mass is 283 g/mol. The molecule has 0 atom stereocenters. The van der Waals surface area contributed by atoms with E-state index in [0.717, 1.165) is 10.9 Å². The predicted molar refractivity (Wildman–Crippen MR) is 78.7 cm³/mol. The fourth-order valence-electron chi connectivity index (χ4n) is 2.00. The van der Waals surface area contributed by atoms with Gasteiger partial charge in [0.2, 0.25) is 0 Å². The molecule has 0 fully saturated rings. The van der Waals surface area contributed by atoms with E-state index >= 15 is 0 Å². The van der Waals surface area contributed by atoms with Crippen LogP contribution in [-0.2, 0) is 0 Å². The number of ether oxygens (including phenoxy) is 1. The molecule has 0 aliphatic rings. The molecule has 0 aliphatic carbocycles. The molecule has 4 heteroatoms. The van der Waals surface area contributed by atoms with E-state index < -0.39 is 0 Å². The number of rotatable bonds is 3. The van der Waals surface area contributed by atoms with Gasteiger partial charge in [-0.2, -0.15) is 0 Å². The van der Waals surface area contributed by atoms with Gasteiger partial charge in [0.25, 0.3) is 0 Å². The Morgan fingerprint density at radius 2 is 1.80 bits per heavy atom. The lowest BCUT2D eigenvalue weighted by atomic mass is 10.2. The molecule has 3 aromatic rings. The van der Waals surface area contributed by atoms with Crippen LogP contribution in [0.5, 0.6) is 11.5 Å². The Morgan fingerprint density at radius 3 is 2.65 bits per heavy atom. The van der Waals surface area contributed by atoms with Crippen LogP contribution in [-0.4, -0.2) is 11.3 Å². The maximum Gasteiger partial charge on any atom is 0.155 e. The van der Waals surface area contributed by atoms with Gasteiger partial charge in [-0.1, -0.05) is 23.7 Å². The summed E-state index contributed by atoms with van der Waals surface area (Å²) in [5.74, 6) is 1.07. The van der Waals surface area contributed by atoms with Gasteiger partial charge >= 0.3 is 0 Å². The molecule has 0 N–H and O–H groups in total. The first kappa shape index (κ1) is 12.6. The standard InChI is InChI=1S/C16H10ClNO2/c17-13-5-1-7-16(12(13)10-19)20-15-8-2-6-14-11(15)4-3-9-18-14/h1-10H. The molecule has 2 aromatic carbocycles. The fraction of sp³-hybridized carbons (Fsp3) is 0. The molecule has 0 bridgehead atoms. The Kier molecular flexibility index (Phi) is 3.35. The minimum Gasteiger partial charge on any atom is -0.456 e. The van der Waals surface area contributed by atoms with Crippen LogP contribution in [0.25, 0.3) is 10.9 Å². The lowest BCUT2D eigenvalue weighted by molar-refractivity contribution is 0.112. The number of fused-ring (bicyclic) bond motifs is 1. The van der Waals surface area contributed by atoms with Gasteiger partial charge in [0.05, 0.1) is 16.1 Å². The van der Waals surface area contributed by atoms with Crippen LogP contribution < -0.4 is 4.74 Å². The van der Waals surface area contributed by atoms with E-state index in [2.05, 4.69) is 4.98 Å². The van der Waals surface area contributed by atoms with Crippen molar-refractivity contribution in [3.8, 4) is 11.5 Å². The highest BCUT2D eigenvalue weighted by Crippen LogP contribution is 2.32. The van der Waals surface area contributed by atoms with Crippen LogP contribution in [0.3, 0.4) is 0 Å². The zero-order valence-corrected chi connectivity index (χ0v) is 11.2. The summed E-state index contributed by atoms with van der Waals surface area (Å²) < 4.78 is 5.84. The number of carbonyl (C=O) groups is 1.